The van der Waals surface area contributed by atoms with Crippen molar-refractivity contribution in [2.75, 3.05) is 18.8 Å². The van der Waals surface area contributed by atoms with Crippen molar-refractivity contribution in [2.24, 2.45) is 0 Å². The molecular weight excluding hydrogens is 322 g/mol. The molecule has 0 bridgehead atoms. The van der Waals surface area contributed by atoms with E-state index in [0.717, 1.165) is 23.5 Å². The Kier molecular flexibility index (Phi) is 5.94. The van der Waals surface area contributed by atoms with E-state index in [4.69, 9.17) is 0 Å². The fourth-order valence-corrected chi connectivity index (χ4v) is 5.13. The highest BCUT2D eigenvalue weighted by Gasteiger charge is 2.30. The van der Waals surface area contributed by atoms with Gasteiger partial charge in [-0.3, -0.25) is 4.79 Å². The lowest BCUT2D eigenvalue weighted by Crippen LogP contribution is -2.40. The molecule has 22 heavy (non-hydrogen) atoms. The third-order valence-corrected chi connectivity index (χ3v) is 6.78. The summed E-state index contributed by atoms with van der Waals surface area (Å²) in [4.78, 5) is 15.5. The number of sulfonamides is 1. The summed E-state index contributed by atoms with van der Waals surface area (Å²) in [5.41, 5.74) is 0.837. The molecule has 0 radical (unpaired) electrons. The molecule has 1 aromatic rings. The molecule has 8 heteroatoms. The van der Waals surface area contributed by atoms with Gasteiger partial charge in [0.25, 0.3) is 0 Å². The molecule has 1 N–H and O–H groups in total. The first-order chi connectivity index (χ1) is 10.4. The van der Waals surface area contributed by atoms with E-state index in [1.165, 1.54) is 6.92 Å². The van der Waals surface area contributed by atoms with Crippen LogP contribution in [0.15, 0.2) is 5.38 Å². The third kappa shape index (κ3) is 4.50. The average molecular weight is 345 g/mol. The van der Waals surface area contributed by atoms with E-state index in [1.807, 2.05) is 12.3 Å². The van der Waals surface area contributed by atoms with Crippen molar-refractivity contribution < 1.29 is 13.2 Å². The predicted octanol–water partition coefficient (Wildman–Crippen LogP) is 1.70. The second-order valence-corrected chi connectivity index (χ2v) is 8.58. The number of aromatic nitrogens is 1. The molecule has 1 atom stereocenters. The summed E-state index contributed by atoms with van der Waals surface area (Å²) < 4.78 is 26.0. The number of rotatable bonds is 6. The molecule has 1 saturated heterocycles. The second-order valence-electron chi connectivity index (χ2n) is 5.60. The molecule has 1 aliphatic rings. The molecule has 1 aromatic heterocycles. The Labute approximate surface area is 136 Å². The molecule has 0 aromatic carbocycles. The Morgan fingerprint density at radius 2 is 2.32 bits per heavy atom. The van der Waals surface area contributed by atoms with Crippen molar-refractivity contribution in [2.45, 2.75) is 45.6 Å². The van der Waals surface area contributed by atoms with Gasteiger partial charge in [0.15, 0.2) is 0 Å². The number of piperidine rings is 1. The maximum absolute atomic E-state index is 12.2. The predicted molar refractivity (Wildman–Crippen MR) is 87.3 cm³/mol. The van der Waals surface area contributed by atoms with Gasteiger partial charge in [-0.2, -0.15) is 0 Å². The molecule has 124 valence electrons. The third-order valence-electron chi connectivity index (χ3n) is 3.68. The highest BCUT2D eigenvalue weighted by atomic mass is 32.2. The molecule has 1 unspecified atom stereocenters. The smallest absolute Gasteiger partial charge is 0.217 e. The minimum Gasteiger partial charge on any atom is -0.351 e. The maximum atomic E-state index is 12.2. The summed E-state index contributed by atoms with van der Waals surface area (Å²) in [5, 5.41) is 5.63. The van der Waals surface area contributed by atoms with Crippen LogP contribution in [-0.4, -0.2) is 42.5 Å². The van der Waals surface area contributed by atoms with Crippen LogP contribution >= 0.6 is 11.3 Å². The van der Waals surface area contributed by atoms with Crippen LogP contribution in [0.1, 0.15) is 49.7 Å². The summed E-state index contributed by atoms with van der Waals surface area (Å²) in [6, 6.07) is 0. The lowest BCUT2D eigenvalue weighted by atomic mass is 10.0. The molecule has 1 amide bonds. The monoisotopic (exact) mass is 345 g/mol. The van der Waals surface area contributed by atoms with Gasteiger partial charge in [0, 0.05) is 31.3 Å². The first-order valence-corrected chi connectivity index (χ1v) is 10.1. The Bertz CT molecular complexity index is 613. The van der Waals surface area contributed by atoms with Crippen LogP contribution in [0.4, 0.5) is 0 Å². The van der Waals surface area contributed by atoms with E-state index >= 15 is 0 Å². The van der Waals surface area contributed by atoms with Gasteiger partial charge in [0.1, 0.15) is 0 Å². The van der Waals surface area contributed by atoms with Crippen LogP contribution in [0.5, 0.6) is 0 Å². The molecule has 0 saturated carbocycles. The van der Waals surface area contributed by atoms with Crippen LogP contribution in [0.2, 0.25) is 0 Å². The van der Waals surface area contributed by atoms with E-state index in [9.17, 15) is 13.2 Å². The molecule has 0 spiro atoms. The largest absolute Gasteiger partial charge is 0.351 e. The number of nitrogens with one attached hydrogen (secondary N) is 1. The summed E-state index contributed by atoms with van der Waals surface area (Å²) in [7, 11) is -3.14. The van der Waals surface area contributed by atoms with Gasteiger partial charge in [-0.05, 0) is 19.3 Å². The lowest BCUT2D eigenvalue weighted by Gasteiger charge is -2.30. The molecule has 1 aliphatic heterocycles. The van der Waals surface area contributed by atoms with Crippen LogP contribution in [-0.2, 0) is 21.4 Å². The minimum atomic E-state index is -3.14. The Morgan fingerprint density at radius 3 is 3.00 bits per heavy atom. The highest BCUT2D eigenvalue weighted by molar-refractivity contribution is 7.89. The summed E-state index contributed by atoms with van der Waals surface area (Å²) in [6.07, 6.45) is 2.47. The number of carbonyl (C=O) groups excluding carboxylic acids is 1. The fourth-order valence-electron chi connectivity index (χ4n) is 2.59. The number of nitrogens with zero attached hydrogens (tertiary/aromatic N) is 2. The normalized spacial score (nSPS) is 20.0. The number of hydrogen-bond acceptors (Lipinski definition) is 5. The SMILES string of the molecule is CCCS(=O)(=O)N1CCCC(c2nc(CNC(C)=O)cs2)C1. The molecule has 1 fully saturated rings. The molecule has 6 nitrogen and oxygen atoms in total. The van der Waals surface area contributed by atoms with Gasteiger partial charge in [-0.15, -0.1) is 11.3 Å². The topological polar surface area (TPSA) is 79.4 Å². The van der Waals surface area contributed by atoms with Crippen molar-refractivity contribution in [1.82, 2.24) is 14.6 Å². The van der Waals surface area contributed by atoms with Crippen molar-refractivity contribution in [3.63, 3.8) is 0 Å². The summed E-state index contributed by atoms with van der Waals surface area (Å²) in [6.45, 7) is 4.92. The van der Waals surface area contributed by atoms with Crippen molar-refractivity contribution in [3.8, 4) is 0 Å². The average Bonchev–Trinajstić information content (AvgIpc) is 2.94. The number of hydrogen-bond donors (Lipinski definition) is 1. The molecule has 0 aliphatic carbocycles. The van der Waals surface area contributed by atoms with E-state index < -0.39 is 10.0 Å². The van der Waals surface area contributed by atoms with Crippen LogP contribution in [0.3, 0.4) is 0 Å². The zero-order valence-corrected chi connectivity index (χ0v) is 14.7. The molecule has 2 rings (SSSR count). The standard InChI is InChI=1S/C14H23N3O3S2/c1-3-7-22(19,20)17-6-4-5-12(9-17)14-16-13(10-21-14)8-15-11(2)18/h10,12H,3-9H2,1-2H3,(H,15,18). The minimum absolute atomic E-state index is 0.0796. The van der Waals surface area contributed by atoms with Crippen LogP contribution in [0.25, 0.3) is 0 Å². The van der Waals surface area contributed by atoms with Gasteiger partial charge >= 0.3 is 0 Å². The van der Waals surface area contributed by atoms with E-state index in [1.54, 1.807) is 15.6 Å². The number of thiazole rings is 1. The van der Waals surface area contributed by atoms with Gasteiger partial charge < -0.3 is 5.32 Å². The lowest BCUT2D eigenvalue weighted by molar-refractivity contribution is -0.119. The number of amides is 1. The van der Waals surface area contributed by atoms with E-state index in [0.29, 0.717) is 26.1 Å². The fraction of sp³-hybridized carbons (Fsp3) is 0.714. The van der Waals surface area contributed by atoms with Crippen molar-refractivity contribution >= 4 is 27.3 Å². The summed E-state index contributed by atoms with van der Waals surface area (Å²) >= 11 is 1.55. The Morgan fingerprint density at radius 1 is 1.55 bits per heavy atom. The highest BCUT2D eigenvalue weighted by Crippen LogP contribution is 2.30. The summed E-state index contributed by atoms with van der Waals surface area (Å²) in [5.74, 6) is 0.297. The maximum Gasteiger partial charge on any atom is 0.217 e. The zero-order chi connectivity index (χ0) is 16.2. The quantitative estimate of drug-likeness (QED) is 0.851. The van der Waals surface area contributed by atoms with Crippen molar-refractivity contribution in [1.29, 1.82) is 0 Å². The van der Waals surface area contributed by atoms with E-state index in [2.05, 4.69) is 10.3 Å². The molecular formula is C14H23N3O3S2. The van der Waals surface area contributed by atoms with Crippen molar-refractivity contribution in [3.05, 3.63) is 16.1 Å². The van der Waals surface area contributed by atoms with Gasteiger partial charge in [0.05, 0.1) is 23.0 Å². The zero-order valence-electron chi connectivity index (χ0n) is 13.0. The molecule has 2 heterocycles. The van der Waals surface area contributed by atoms with Crippen LogP contribution in [0, 0.1) is 0 Å². The van der Waals surface area contributed by atoms with Gasteiger partial charge in [-0.1, -0.05) is 6.92 Å². The van der Waals surface area contributed by atoms with E-state index in [-0.39, 0.29) is 17.6 Å². The van der Waals surface area contributed by atoms with Gasteiger partial charge in [0.2, 0.25) is 15.9 Å². The Hall–Kier alpha value is -0.990. The first kappa shape index (κ1) is 17.4. The number of carbonyl (C=O) groups is 1. The Balaban J connectivity index is 2.02. The second kappa shape index (κ2) is 7.52. The first-order valence-electron chi connectivity index (χ1n) is 7.59. The van der Waals surface area contributed by atoms with Gasteiger partial charge in [-0.25, -0.2) is 17.7 Å². The van der Waals surface area contributed by atoms with Crippen LogP contribution < -0.4 is 5.32 Å².